The number of hydrogen-bond acceptors (Lipinski definition) is 4. The third-order valence-electron chi connectivity index (χ3n) is 4.69. The minimum atomic E-state index is -0.926. The molecule has 0 radical (unpaired) electrons. The molecule has 24 heavy (non-hydrogen) atoms. The van der Waals surface area contributed by atoms with E-state index in [0.29, 0.717) is 6.54 Å². The van der Waals surface area contributed by atoms with Crippen molar-refractivity contribution >= 4 is 23.2 Å². The van der Waals surface area contributed by atoms with Crippen LogP contribution in [-0.4, -0.2) is 31.7 Å². The molecule has 2 atom stereocenters. The van der Waals surface area contributed by atoms with Gasteiger partial charge in [-0.25, -0.2) is 0 Å². The van der Waals surface area contributed by atoms with Crippen molar-refractivity contribution in [1.29, 1.82) is 0 Å². The fourth-order valence-electron chi connectivity index (χ4n) is 3.57. The van der Waals surface area contributed by atoms with Gasteiger partial charge in [-0.05, 0) is 32.2 Å². The van der Waals surface area contributed by atoms with Crippen LogP contribution in [0, 0.1) is 19.8 Å². The Morgan fingerprint density at radius 1 is 1.46 bits per heavy atom. The molecule has 2 aromatic heterocycles. The number of carbonyl (C=O) groups excluding carboxylic acids is 1. The molecular weight excluding hydrogens is 326 g/mol. The molecule has 0 aromatic carbocycles. The minimum absolute atomic E-state index is 0.0432. The second-order valence-electron chi connectivity index (χ2n) is 6.09. The molecule has 1 aliphatic rings. The van der Waals surface area contributed by atoms with Gasteiger partial charge in [-0.2, -0.15) is 5.10 Å². The van der Waals surface area contributed by atoms with Crippen LogP contribution in [0.3, 0.4) is 0 Å². The lowest BCUT2D eigenvalue weighted by molar-refractivity contribution is -0.142. The normalized spacial score (nSPS) is 20.8. The monoisotopic (exact) mass is 347 g/mol. The van der Waals surface area contributed by atoms with Crippen LogP contribution in [-0.2, 0) is 22.7 Å². The van der Waals surface area contributed by atoms with E-state index in [-0.39, 0.29) is 12.3 Å². The third kappa shape index (κ3) is 2.73. The summed E-state index contributed by atoms with van der Waals surface area (Å²) in [5.74, 6) is -1.77. The van der Waals surface area contributed by atoms with Gasteiger partial charge in [0.1, 0.15) is 0 Å². The Labute approximate surface area is 144 Å². The molecule has 128 valence electrons. The van der Waals surface area contributed by atoms with Crippen molar-refractivity contribution in [3.05, 3.63) is 39.3 Å². The number of likely N-dealkylation sites (tertiary alicyclic amines) is 1. The Kier molecular flexibility index (Phi) is 4.45. The highest BCUT2D eigenvalue weighted by Gasteiger charge is 2.46. The van der Waals surface area contributed by atoms with Gasteiger partial charge in [-0.1, -0.05) is 6.07 Å². The van der Waals surface area contributed by atoms with E-state index >= 15 is 0 Å². The number of rotatable bonds is 5. The Balaban J connectivity index is 2.06. The maximum atomic E-state index is 12.5. The number of hydrogen-bond donors (Lipinski definition) is 1. The quantitative estimate of drug-likeness (QED) is 0.902. The largest absolute Gasteiger partial charge is 0.481 e. The van der Waals surface area contributed by atoms with Crippen LogP contribution < -0.4 is 0 Å². The van der Waals surface area contributed by atoms with Gasteiger partial charge in [-0.3, -0.25) is 14.3 Å². The van der Waals surface area contributed by atoms with Crippen LogP contribution in [0.5, 0.6) is 0 Å². The summed E-state index contributed by atoms with van der Waals surface area (Å²) in [7, 11) is 0. The molecule has 1 fully saturated rings. The SMILES string of the molecule is CCn1nc(C)c([C@@H]2[C@@H](C(=O)O)CC(=O)N2Cc2cccs2)c1C. The van der Waals surface area contributed by atoms with Gasteiger partial charge in [0.2, 0.25) is 5.91 Å². The van der Waals surface area contributed by atoms with E-state index < -0.39 is 17.9 Å². The first-order valence-electron chi connectivity index (χ1n) is 8.02. The first kappa shape index (κ1) is 16.7. The van der Waals surface area contributed by atoms with Crippen molar-refractivity contribution in [2.75, 3.05) is 0 Å². The van der Waals surface area contributed by atoms with Gasteiger partial charge in [0.25, 0.3) is 0 Å². The number of aromatic nitrogens is 2. The van der Waals surface area contributed by atoms with Gasteiger partial charge in [0, 0.05) is 29.1 Å². The zero-order chi connectivity index (χ0) is 17.4. The van der Waals surface area contributed by atoms with Crippen molar-refractivity contribution in [3.8, 4) is 0 Å². The number of nitrogens with zero attached hydrogens (tertiary/aromatic N) is 3. The first-order valence-corrected chi connectivity index (χ1v) is 8.90. The Bertz CT molecular complexity index is 766. The third-order valence-corrected chi connectivity index (χ3v) is 5.55. The van der Waals surface area contributed by atoms with Crippen molar-refractivity contribution in [3.63, 3.8) is 0 Å². The molecule has 1 amide bonds. The summed E-state index contributed by atoms with van der Waals surface area (Å²) < 4.78 is 1.87. The number of carboxylic acid groups (broad SMARTS) is 1. The Morgan fingerprint density at radius 2 is 2.21 bits per heavy atom. The highest BCUT2D eigenvalue weighted by Crippen LogP contribution is 2.42. The van der Waals surface area contributed by atoms with Crippen molar-refractivity contribution in [2.45, 2.75) is 46.3 Å². The predicted molar refractivity (Wildman–Crippen MR) is 90.7 cm³/mol. The van der Waals surface area contributed by atoms with E-state index in [2.05, 4.69) is 5.10 Å². The molecule has 1 N–H and O–H groups in total. The molecule has 0 bridgehead atoms. The summed E-state index contributed by atoms with van der Waals surface area (Å²) in [6, 6.07) is 3.45. The topological polar surface area (TPSA) is 75.4 Å². The van der Waals surface area contributed by atoms with Crippen molar-refractivity contribution < 1.29 is 14.7 Å². The zero-order valence-corrected chi connectivity index (χ0v) is 14.8. The van der Waals surface area contributed by atoms with Crippen LogP contribution in [0.1, 0.15) is 41.2 Å². The van der Waals surface area contributed by atoms with Crippen molar-refractivity contribution in [2.24, 2.45) is 5.92 Å². The zero-order valence-electron chi connectivity index (χ0n) is 14.0. The van der Waals surface area contributed by atoms with Crippen LogP contribution >= 0.6 is 11.3 Å². The van der Waals surface area contributed by atoms with Gasteiger partial charge in [-0.15, -0.1) is 11.3 Å². The van der Waals surface area contributed by atoms with E-state index in [1.165, 1.54) is 0 Å². The minimum Gasteiger partial charge on any atom is -0.481 e. The molecule has 3 rings (SSSR count). The lowest BCUT2D eigenvalue weighted by atomic mass is 9.92. The lowest BCUT2D eigenvalue weighted by Crippen LogP contribution is -2.30. The molecule has 2 aromatic rings. The molecule has 0 aliphatic carbocycles. The number of amides is 1. The summed E-state index contributed by atoms with van der Waals surface area (Å²) in [5, 5.41) is 16.1. The predicted octanol–water partition coefficient (Wildman–Crippen LogP) is 2.76. The molecule has 3 heterocycles. The van der Waals surface area contributed by atoms with E-state index in [4.69, 9.17) is 0 Å². The van der Waals surface area contributed by atoms with E-state index in [9.17, 15) is 14.7 Å². The highest BCUT2D eigenvalue weighted by atomic mass is 32.1. The standard InChI is InChI=1S/C17H21N3O3S/c1-4-20-11(3)15(10(2)18-20)16-13(17(22)23)8-14(21)19(16)9-12-6-5-7-24-12/h5-7,13,16H,4,8-9H2,1-3H3,(H,22,23)/t13-,16-/m0/s1. The summed E-state index contributed by atoms with van der Waals surface area (Å²) in [6.45, 7) is 7.00. The average Bonchev–Trinajstić information content (AvgIpc) is 3.21. The molecule has 1 saturated heterocycles. The summed E-state index contributed by atoms with van der Waals surface area (Å²) in [4.78, 5) is 27.1. The Hall–Kier alpha value is -2.15. The molecule has 0 saturated carbocycles. The number of carboxylic acids is 1. The summed E-state index contributed by atoms with van der Waals surface area (Å²) >= 11 is 1.57. The molecule has 0 spiro atoms. The van der Waals surface area contributed by atoms with E-state index in [1.54, 1.807) is 16.2 Å². The first-order chi connectivity index (χ1) is 11.4. The van der Waals surface area contributed by atoms with Gasteiger partial charge < -0.3 is 10.0 Å². The molecule has 1 aliphatic heterocycles. The second-order valence-corrected chi connectivity index (χ2v) is 7.13. The smallest absolute Gasteiger partial charge is 0.309 e. The van der Waals surface area contributed by atoms with Gasteiger partial charge in [0.15, 0.2) is 0 Å². The fourth-order valence-corrected chi connectivity index (χ4v) is 4.28. The summed E-state index contributed by atoms with van der Waals surface area (Å²) in [5.41, 5.74) is 2.63. The van der Waals surface area contributed by atoms with Gasteiger partial charge in [0.05, 0.1) is 24.2 Å². The molecular formula is C17H21N3O3S. The van der Waals surface area contributed by atoms with E-state index in [0.717, 1.165) is 28.4 Å². The van der Waals surface area contributed by atoms with Crippen LogP contribution in [0.2, 0.25) is 0 Å². The molecule has 7 heteroatoms. The molecule has 0 unspecified atom stereocenters. The number of carbonyl (C=O) groups is 2. The molecule has 6 nitrogen and oxygen atoms in total. The second kappa shape index (κ2) is 6.39. The summed E-state index contributed by atoms with van der Waals surface area (Å²) in [6.07, 6.45) is 0.0432. The number of thiophene rings is 1. The van der Waals surface area contributed by atoms with E-state index in [1.807, 2.05) is 43.0 Å². The maximum Gasteiger partial charge on any atom is 0.309 e. The van der Waals surface area contributed by atoms with Gasteiger partial charge >= 0.3 is 5.97 Å². The fraction of sp³-hybridized carbons (Fsp3) is 0.471. The maximum absolute atomic E-state index is 12.5. The van der Waals surface area contributed by atoms with Crippen LogP contribution in [0.15, 0.2) is 17.5 Å². The van der Waals surface area contributed by atoms with Crippen molar-refractivity contribution in [1.82, 2.24) is 14.7 Å². The average molecular weight is 347 g/mol. The highest BCUT2D eigenvalue weighted by molar-refractivity contribution is 7.09. The number of aryl methyl sites for hydroxylation is 2. The lowest BCUT2D eigenvalue weighted by Gasteiger charge is -2.27. The number of aliphatic carboxylic acids is 1. The Morgan fingerprint density at radius 3 is 2.75 bits per heavy atom. The van der Waals surface area contributed by atoms with Crippen LogP contribution in [0.25, 0.3) is 0 Å². The van der Waals surface area contributed by atoms with Crippen LogP contribution in [0.4, 0.5) is 0 Å².